The second-order valence-corrected chi connectivity index (χ2v) is 19.7. The Morgan fingerprint density at radius 3 is 0.597 bits per heavy atom. The van der Waals surface area contributed by atoms with E-state index in [0.717, 1.165) is 19.3 Å². The maximum atomic E-state index is 2.62. The second kappa shape index (κ2) is 53.7. The molecule has 362 valence electrons. The van der Waals surface area contributed by atoms with Gasteiger partial charge in [-0.2, -0.15) is 0 Å². The summed E-state index contributed by atoms with van der Waals surface area (Å²) in [6.45, 7) is 11.1. The summed E-state index contributed by atoms with van der Waals surface area (Å²) in [5.41, 5.74) is 0. The van der Waals surface area contributed by atoms with E-state index in [9.17, 15) is 0 Å². The number of nitrogens with zero attached hydrogens (tertiary/aromatic N) is 1. The Morgan fingerprint density at radius 1 is 0.210 bits per heavy atom. The van der Waals surface area contributed by atoms with Gasteiger partial charge in [0.2, 0.25) is 0 Å². The van der Waals surface area contributed by atoms with Crippen LogP contribution in [0, 0.1) is 0 Å². The molecule has 0 bridgehead atoms. The topological polar surface area (TPSA) is 0 Å². The Labute approximate surface area is 392 Å². The molecular weight excluding hydrogens is 747 g/mol. The van der Waals surface area contributed by atoms with Crippen molar-refractivity contribution in [3.63, 3.8) is 0 Å². The normalized spacial score (nSPS) is 12.8. The van der Waals surface area contributed by atoms with Crippen LogP contribution in [0.25, 0.3) is 0 Å². The number of quaternary nitrogens is 1. The molecular formula is C61H114N+. The molecule has 0 aromatic carbocycles. The van der Waals surface area contributed by atoms with E-state index in [-0.39, 0.29) is 0 Å². The number of hydrogen-bond donors (Lipinski definition) is 0. The van der Waals surface area contributed by atoms with Gasteiger partial charge in [0.25, 0.3) is 0 Å². The maximum absolute atomic E-state index is 2.62. The fourth-order valence-corrected chi connectivity index (χ4v) is 8.84. The summed E-state index contributed by atoms with van der Waals surface area (Å²) in [5, 5.41) is 0. The molecule has 0 radical (unpaired) electrons. The van der Waals surface area contributed by atoms with Crippen LogP contribution in [0.2, 0.25) is 0 Å². The van der Waals surface area contributed by atoms with Gasteiger partial charge in [-0.25, -0.2) is 0 Å². The molecule has 0 aromatic heterocycles. The Kier molecular flexibility index (Phi) is 52.4. The lowest BCUT2D eigenvalue weighted by Gasteiger charge is -2.35. The van der Waals surface area contributed by atoms with Crippen LogP contribution >= 0.6 is 0 Å². The predicted octanol–water partition coefficient (Wildman–Crippen LogP) is 21.2. The zero-order valence-electron chi connectivity index (χ0n) is 43.2. The average Bonchev–Trinajstić information content (AvgIpc) is 3.28. The zero-order chi connectivity index (χ0) is 44.8. The molecule has 0 unspecified atom stereocenters. The van der Waals surface area contributed by atoms with E-state index in [1.165, 1.54) is 275 Å². The first-order chi connectivity index (χ1) is 30.7. The van der Waals surface area contributed by atoms with Gasteiger partial charge >= 0.3 is 0 Å². The molecule has 0 aromatic rings. The van der Waals surface area contributed by atoms with Crippen molar-refractivity contribution in [1.29, 1.82) is 0 Å². The minimum atomic E-state index is 1.12. The van der Waals surface area contributed by atoms with Gasteiger partial charge in [0, 0.05) is 0 Å². The smallest absolute Gasteiger partial charge is 0.0784 e. The Bertz CT molecular complexity index is 882. The number of hydrogen-bond acceptors (Lipinski definition) is 0. The van der Waals surface area contributed by atoms with E-state index >= 15 is 0 Å². The van der Waals surface area contributed by atoms with Crippen molar-refractivity contribution < 1.29 is 4.48 Å². The van der Waals surface area contributed by atoms with Crippen LogP contribution in [0.15, 0.2) is 72.9 Å². The molecule has 1 nitrogen and oxygen atoms in total. The van der Waals surface area contributed by atoms with E-state index in [2.05, 4.69) is 101 Å². The first-order valence-electron chi connectivity index (χ1n) is 28.4. The Hall–Kier alpha value is -1.60. The van der Waals surface area contributed by atoms with Crippen LogP contribution in [0.4, 0.5) is 0 Å². The largest absolute Gasteiger partial charge is 0.326 e. The highest BCUT2D eigenvalue weighted by Crippen LogP contribution is 2.18. The molecule has 0 amide bonds. The summed E-state index contributed by atoms with van der Waals surface area (Å²) in [6.07, 6.45) is 86.0. The lowest BCUT2D eigenvalue weighted by atomic mass is 10.0. The van der Waals surface area contributed by atoms with Crippen LogP contribution in [0.5, 0.6) is 0 Å². The molecule has 0 fully saturated rings. The predicted molar refractivity (Wildman–Crippen MR) is 287 cm³/mol. The minimum Gasteiger partial charge on any atom is -0.326 e. The summed E-state index contributed by atoms with van der Waals surface area (Å²) in [4.78, 5) is 0. The van der Waals surface area contributed by atoms with E-state index in [0.29, 0.717) is 0 Å². The molecule has 0 aliphatic carbocycles. The maximum Gasteiger partial charge on any atom is 0.0784 e. The third kappa shape index (κ3) is 51.0. The van der Waals surface area contributed by atoms with Crippen molar-refractivity contribution in [3.8, 4) is 0 Å². The molecule has 0 saturated heterocycles. The third-order valence-corrected chi connectivity index (χ3v) is 13.2. The van der Waals surface area contributed by atoms with Crippen LogP contribution in [0.3, 0.4) is 0 Å². The summed E-state index contributed by atoms with van der Waals surface area (Å²) in [6, 6.07) is 0. The lowest BCUT2D eigenvalue weighted by Crippen LogP contribution is -2.46. The van der Waals surface area contributed by atoms with Crippen LogP contribution in [0.1, 0.15) is 290 Å². The molecule has 62 heavy (non-hydrogen) atoms. The summed E-state index contributed by atoms with van der Waals surface area (Å²) in [7, 11) is 2.62. The van der Waals surface area contributed by atoms with E-state index in [4.69, 9.17) is 0 Å². The van der Waals surface area contributed by atoms with Gasteiger partial charge in [-0.1, -0.05) is 229 Å². The quantitative estimate of drug-likeness (QED) is 0.0325. The zero-order valence-corrected chi connectivity index (χ0v) is 43.2. The van der Waals surface area contributed by atoms with Gasteiger partial charge in [0.05, 0.1) is 26.7 Å². The van der Waals surface area contributed by atoms with Gasteiger partial charge in [-0.3, -0.25) is 0 Å². The van der Waals surface area contributed by atoms with Crippen molar-refractivity contribution in [2.24, 2.45) is 0 Å². The van der Waals surface area contributed by atoms with Gasteiger partial charge in [0.1, 0.15) is 0 Å². The average molecular weight is 862 g/mol. The second-order valence-electron chi connectivity index (χ2n) is 19.7. The van der Waals surface area contributed by atoms with E-state index < -0.39 is 0 Å². The van der Waals surface area contributed by atoms with Crippen LogP contribution in [-0.2, 0) is 0 Å². The van der Waals surface area contributed by atoms with Crippen molar-refractivity contribution >= 4 is 0 Å². The molecule has 0 heterocycles. The van der Waals surface area contributed by atoms with Crippen LogP contribution in [-0.4, -0.2) is 31.2 Å². The minimum absolute atomic E-state index is 1.12. The van der Waals surface area contributed by atoms with Crippen molar-refractivity contribution in [2.75, 3.05) is 26.7 Å². The van der Waals surface area contributed by atoms with E-state index in [1.54, 1.807) is 0 Å². The molecule has 0 atom stereocenters. The van der Waals surface area contributed by atoms with Crippen molar-refractivity contribution in [3.05, 3.63) is 72.9 Å². The monoisotopic (exact) mass is 861 g/mol. The van der Waals surface area contributed by atoms with Crippen LogP contribution < -0.4 is 0 Å². The highest BCUT2D eigenvalue weighted by atomic mass is 15.3. The number of rotatable bonds is 51. The summed E-state index contributed by atoms with van der Waals surface area (Å²) < 4.78 is 1.34. The van der Waals surface area contributed by atoms with Gasteiger partial charge < -0.3 is 4.48 Å². The van der Waals surface area contributed by atoms with Crippen molar-refractivity contribution in [1.82, 2.24) is 0 Å². The first kappa shape index (κ1) is 60.4. The molecule has 0 saturated carbocycles. The molecule has 0 aliphatic rings. The van der Waals surface area contributed by atoms with Gasteiger partial charge in [0.15, 0.2) is 0 Å². The van der Waals surface area contributed by atoms with Gasteiger partial charge in [-0.05, 0) is 135 Å². The molecule has 0 aliphatic heterocycles. The number of allylic oxidation sites excluding steroid dienone is 12. The van der Waals surface area contributed by atoms with Crippen molar-refractivity contribution in [2.45, 2.75) is 290 Å². The number of unbranched alkanes of at least 4 members (excludes halogenated alkanes) is 33. The lowest BCUT2D eigenvalue weighted by molar-refractivity contribution is -0.910. The third-order valence-electron chi connectivity index (χ3n) is 13.2. The van der Waals surface area contributed by atoms with E-state index in [1.807, 2.05) is 0 Å². The molecule has 0 rings (SSSR count). The molecule has 1 heteroatoms. The molecule has 0 N–H and O–H groups in total. The summed E-state index contributed by atoms with van der Waals surface area (Å²) in [5.74, 6) is 0. The van der Waals surface area contributed by atoms with Gasteiger partial charge in [-0.15, -0.1) is 0 Å². The standard InChI is InChI=1S/C61H114N/c1-5-8-11-14-17-20-23-26-29-32-35-38-41-44-47-50-53-56-59-62(4,60-57-54-51-48-45-42-39-36-33-30-27-24-21-18-15-12-9-6-2)61-58-55-52-49-46-43-40-37-34-31-28-25-22-19-16-13-10-7-3/h17-22,26-31H,5-16,23-25,32-61H2,1-4H3/q+1/b20-17-,21-18-,22-19-,29-26-,30-27-,31-28-. The Balaban J connectivity index is 4.23. The highest BCUT2D eigenvalue weighted by Gasteiger charge is 2.20. The molecule has 0 spiro atoms. The summed E-state index contributed by atoms with van der Waals surface area (Å²) >= 11 is 0. The highest BCUT2D eigenvalue weighted by molar-refractivity contribution is 4.94. The fraction of sp³-hybridized carbons (Fsp3) is 0.803. The SMILES string of the molecule is CCCCC/C=C\C/C=C\CCCCCCCCCC[N+](C)(CCCCCCCCCC/C=C\C/C=C\CCCCC)CCCCCCCCCC/C=C\C/C=C\CCCCC. The fourth-order valence-electron chi connectivity index (χ4n) is 8.84. The Morgan fingerprint density at radius 2 is 0.387 bits per heavy atom. The first-order valence-corrected chi connectivity index (χ1v) is 28.4.